The summed E-state index contributed by atoms with van der Waals surface area (Å²) in [4.78, 5) is 8.57. The predicted molar refractivity (Wildman–Crippen MR) is 72.6 cm³/mol. The van der Waals surface area contributed by atoms with E-state index in [-0.39, 0.29) is 6.17 Å². The lowest BCUT2D eigenvalue weighted by Crippen LogP contribution is -2.61. The molecule has 2 heterocycles. The molecule has 0 radical (unpaired) electrons. The molecular formula is C11H17N5S. The fourth-order valence-electron chi connectivity index (χ4n) is 1.57. The van der Waals surface area contributed by atoms with E-state index in [9.17, 15) is 0 Å². The smallest absolute Gasteiger partial charge is 0.199 e. The van der Waals surface area contributed by atoms with Gasteiger partial charge in [-0.15, -0.1) is 0 Å². The first-order chi connectivity index (χ1) is 8.28. The first-order valence-corrected chi connectivity index (χ1v) is 6.54. The van der Waals surface area contributed by atoms with Gasteiger partial charge in [0.15, 0.2) is 11.9 Å². The molecule has 0 bridgehead atoms. The van der Waals surface area contributed by atoms with Crippen LogP contribution in [0.3, 0.4) is 0 Å². The molecule has 6 heteroatoms. The molecule has 1 fully saturated rings. The fourth-order valence-corrected chi connectivity index (χ4v) is 2.27. The molecule has 1 saturated heterocycles. The Morgan fingerprint density at radius 1 is 1.35 bits per heavy atom. The van der Waals surface area contributed by atoms with E-state index in [1.165, 1.54) is 5.56 Å². The summed E-state index contributed by atoms with van der Waals surface area (Å²) < 4.78 is 0. The molecule has 0 spiro atoms. The summed E-state index contributed by atoms with van der Waals surface area (Å²) in [5.74, 6) is 1.54. The number of hydrogen-bond acceptors (Lipinski definition) is 3. The molecule has 5 nitrogen and oxygen atoms in total. The van der Waals surface area contributed by atoms with Gasteiger partial charge in [-0.25, -0.2) is 0 Å². The average Bonchev–Trinajstić information content (AvgIpc) is 2.81. The molecule has 1 aliphatic heterocycles. The molecule has 1 aromatic heterocycles. The first-order valence-electron chi connectivity index (χ1n) is 5.60. The van der Waals surface area contributed by atoms with E-state index >= 15 is 0 Å². The standard InChI is InChI=1S/C11H17N5S/c1-8-14-10(12-2)16-11(15-8)13-5-3-9-4-6-17-7-9/h4,6-8H,3,5H2,1-2H3,(H3,12,13,14,15,16). The molecule has 1 atom stereocenters. The number of hydrogen-bond donors (Lipinski definition) is 3. The zero-order valence-electron chi connectivity index (χ0n) is 10.0. The molecule has 17 heavy (non-hydrogen) atoms. The van der Waals surface area contributed by atoms with Gasteiger partial charge in [0.25, 0.3) is 0 Å². The topological polar surface area (TPSA) is 60.8 Å². The second kappa shape index (κ2) is 5.67. The Balaban J connectivity index is 1.88. The molecule has 0 aromatic carbocycles. The Kier molecular flexibility index (Phi) is 3.98. The number of thiophene rings is 1. The van der Waals surface area contributed by atoms with Crippen LogP contribution in [0.4, 0.5) is 0 Å². The summed E-state index contributed by atoms with van der Waals surface area (Å²) in [5, 5.41) is 13.7. The van der Waals surface area contributed by atoms with Crippen LogP contribution in [0.15, 0.2) is 26.8 Å². The van der Waals surface area contributed by atoms with E-state index in [0.717, 1.165) is 24.9 Å². The number of aliphatic imine (C=N–C) groups is 2. The van der Waals surface area contributed by atoms with Crippen LogP contribution in [0, 0.1) is 0 Å². The van der Waals surface area contributed by atoms with Gasteiger partial charge in [-0.1, -0.05) is 0 Å². The Hall–Kier alpha value is -1.56. The van der Waals surface area contributed by atoms with Crippen molar-refractivity contribution in [1.82, 2.24) is 16.0 Å². The number of nitrogens with zero attached hydrogens (tertiary/aromatic N) is 2. The quantitative estimate of drug-likeness (QED) is 0.743. The van der Waals surface area contributed by atoms with Crippen molar-refractivity contribution in [2.24, 2.45) is 9.98 Å². The van der Waals surface area contributed by atoms with E-state index in [2.05, 4.69) is 42.8 Å². The lowest BCUT2D eigenvalue weighted by Gasteiger charge is -2.27. The largest absolute Gasteiger partial charge is 0.336 e. The normalized spacial score (nSPS) is 24.2. The van der Waals surface area contributed by atoms with E-state index < -0.39 is 0 Å². The maximum absolute atomic E-state index is 4.48. The van der Waals surface area contributed by atoms with Gasteiger partial charge in [0.2, 0.25) is 0 Å². The lowest BCUT2D eigenvalue weighted by molar-refractivity contribution is 0.585. The van der Waals surface area contributed by atoms with E-state index in [1.807, 2.05) is 6.92 Å². The third-order valence-electron chi connectivity index (χ3n) is 2.42. The summed E-state index contributed by atoms with van der Waals surface area (Å²) in [7, 11) is 1.75. The summed E-state index contributed by atoms with van der Waals surface area (Å²) in [6.07, 6.45) is 1.12. The predicted octanol–water partition coefficient (Wildman–Crippen LogP) is 0.761. The molecule has 1 aliphatic rings. The second-order valence-electron chi connectivity index (χ2n) is 3.82. The third kappa shape index (κ3) is 3.45. The SMILES string of the molecule is CN=C1NC(=NCCc2ccsc2)NC(C)N1. The average molecular weight is 251 g/mol. The minimum atomic E-state index is 0.148. The van der Waals surface area contributed by atoms with Gasteiger partial charge >= 0.3 is 0 Å². The molecule has 2 rings (SSSR count). The van der Waals surface area contributed by atoms with Crippen molar-refractivity contribution in [2.45, 2.75) is 19.5 Å². The maximum atomic E-state index is 4.48. The van der Waals surface area contributed by atoms with Gasteiger partial charge in [0.1, 0.15) is 0 Å². The van der Waals surface area contributed by atoms with Crippen molar-refractivity contribution < 1.29 is 0 Å². The number of nitrogens with one attached hydrogen (secondary N) is 3. The summed E-state index contributed by atoms with van der Waals surface area (Å²) in [6.45, 7) is 2.80. The van der Waals surface area contributed by atoms with Crippen molar-refractivity contribution in [3.8, 4) is 0 Å². The number of rotatable bonds is 3. The van der Waals surface area contributed by atoms with Crippen molar-refractivity contribution in [2.75, 3.05) is 13.6 Å². The lowest BCUT2D eigenvalue weighted by atomic mass is 10.2. The van der Waals surface area contributed by atoms with Crippen molar-refractivity contribution in [3.63, 3.8) is 0 Å². The fraction of sp³-hybridized carbons (Fsp3) is 0.455. The number of guanidine groups is 2. The maximum Gasteiger partial charge on any atom is 0.199 e. The molecule has 0 aliphatic carbocycles. The minimum Gasteiger partial charge on any atom is -0.336 e. The molecule has 0 amide bonds. The van der Waals surface area contributed by atoms with Gasteiger partial charge in [-0.05, 0) is 35.7 Å². The Morgan fingerprint density at radius 2 is 2.18 bits per heavy atom. The van der Waals surface area contributed by atoms with Gasteiger partial charge in [0.05, 0.1) is 6.17 Å². The minimum absolute atomic E-state index is 0.148. The van der Waals surface area contributed by atoms with Crippen LogP contribution in [0.1, 0.15) is 12.5 Å². The molecule has 1 aromatic rings. The monoisotopic (exact) mass is 251 g/mol. The third-order valence-corrected chi connectivity index (χ3v) is 3.15. The van der Waals surface area contributed by atoms with Crippen molar-refractivity contribution >= 4 is 23.3 Å². The highest BCUT2D eigenvalue weighted by Crippen LogP contribution is 2.06. The van der Waals surface area contributed by atoms with Crippen LogP contribution in [0.25, 0.3) is 0 Å². The Bertz CT molecular complexity index is 410. The van der Waals surface area contributed by atoms with E-state index in [4.69, 9.17) is 0 Å². The highest BCUT2D eigenvalue weighted by atomic mass is 32.1. The first kappa shape index (κ1) is 11.9. The van der Waals surface area contributed by atoms with E-state index in [1.54, 1.807) is 18.4 Å². The highest BCUT2D eigenvalue weighted by molar-refractivity contribution is 7.07. The van der Waals surface area contributed by atoms with Crippen LogP contribution in [0.5, 0.6) is 0 Å². The van der Waals surface area contributed by atoms with Crippen LogP contribution in [-0.4, -0.2) is 31.7 Å². The van der Waals surface area contributed by atoms with E-state index in [0.29, 0.717) is 0 Å². The summed E-state index contributed by atoms with van der Waals surface area (Å²) in [5.41, 5.74) is 1.34. The van der Waals surface area contributed by atoms with Crippen LogP contribution in [-0.2, 0) is 6.42 Å². The molecule has 92 valence electrons. The van der Waals surface area contributed by atoms with Crippen LogP contribution < -0.4 is 16.0 Å². The van der Waals surface area contributed by atoms with Gasteiger partial charge in [0, 0.05) is 13.6 Å². The Morgan fingerprint density at radius 3 is 2.88 bits per heavy atom. The molecule has 0 saturated carbocycles. The van der Waals surface area contributed by atoms with Crippen molar-refractivity contribution in [3.05, 3.63) is 22.4 Å². The van der Waals surface area contributed by atoms with Crippen LogP contribution in [0.2, 0.25) is 0 Å². The van der Waals surface area contributed by atoms with Gasteiger partial charge < -0.3 is 10.6 Å². The molecule has 3 N–H and O–H groups in total. The summed E-state index contributed by atoms with van der Waals surface area (Å²) in [6, 6.07) is 2.13. The Labute approximate surface area is 105 Å². The molecule has 1 unspecified atom stereocenters. The van der Waals surface area contributed by atoms with Gasteiger partial charge in [-0.2, -0.15) is 11.3 Å². The molecular weight excluding hydrogens is 234 g/mol. The van der Waals surface area contributed by atoms with Crippen molar-refractivity contribution in [1.29, 1.82) is 0 Å². The zero-order valence-corrected chi connectivity index (χ0v) is 10.8. The van der Waals surface area contributed by atoms with Crippen LogP contribution >= 0.6 is 11.3 Å². The summed E-state index contributed by atoms with van der Waals surface area (Å²) >= 11 is 1.72. The zero-order chi connectivity index (χ0) is 12.1. The van der Waals surface area contributed by atoms with Gasteiger partial charge in [-0.3, -0.25) is 15.3 Å². The second-order valence-corrected chi connectivity index (χ2v) is 4.60. The highest BCUT2D eigenvalue weighted by Gasteiger charge is 2.14.